The molecule has 1 amide bonds. The summed E-state index contributed by atoms with van der Waals surface area (Å²) >= 11 is 4.39. The number of carbonyl (C=O) groups excluding carboxylic acids is 1. The zero-order valence-electron chi connectivity index (χ0n) is 8.84. The number of rotatable bonds is 2. The van der Waals surface area contributed by atoms with E-state index in [1.54, 1.807) is 11.4 Å². The molecule has 2 rings (SSSR count). The van der Waals surface area contributed by atoms with Crippen molar-refractivity contribution >= 4 is 44.5 Å². The van der Waals surface area contributed by atoms with Crippen LogP contribution < -0.4 is 11.1 Å². The summed E-state index contributed by atoms with van der Waals surface area (Å²) in [4.78, 5) is 12.2. The van der Waals surface area contributed by atoms with Gasteiger partial charge in [-0.15, -0.1) is 11.3 Å². The van der Waals surface area contributed by atoms with Gasteiger partial charge in [-0.2, -0.15) is 0 Å². The third kappa shape index (κ3) is 2.51. The summed E-state index contributed by atoms with van der Waals surface area (Å²) < 4.78 is 26.9. The van der Waals surface area contributed by atoms with Crippen LogP contribution in [-0.2, 0) is 0 Å². The Labute approximate surface area is 114 Å². The number of halogens is 3. The molecular weight excluding hydrogens is 326 g/mol. The highest BCUT2D eigenvalue weighted by Crippen LogP contribution is 2.27. The smallest absolute Gasteiger partial charge is 0.267 e. The molecule has 94 valence electrons. The van der Waals surface area contributed by atoms with Crippen LogP contribution in [0.25, 0.3) is 0 Å². The Kier molecular flexibility index (Phi) is 3.63. The van der Waals surface area contributed by atoms with Gasteiger partial charge in [0.2, 0.25) is 0 Å². The molecule has 0 aliphatic carbocycles. The predicted molar refractivity (Wildman–Crippen MR) is 70.7 cm³/mol. The van der Waals surface area contributed by atoms with Crippen molar-refractivity contribution in [3.63, 3.8) is 0 Å². The lowest BCUT2D eigenvalue weighted by Crippen LogP contribution is -2.14. The Balaban J connectivity index is 2.31. The molecule has 1 aromatic carbocycles. The summed E-state index contributed by atoms with van der Waals surface area (Å²) in [7, 11) is 0. The van der Waals surface area contributed by atoms with Crippen molar-refractivity contribution in [1.82, 2.24) is 0 Å². The molecule has 0 spiro atoms. The van der Waals surface area contributed by atoms with E-state index in [1.165, 1.54) is 11.3 Å². The van der Waals surface area contributed by atoms with Gasteiger partial charge in [-0.1, -0.05) is 0 Å². The van der Waals surface area contributed by atoms with Crippen molar-refractivity contribution in [3.8, 4) is 0 Å². The number of hydrogen-bond donors (Lipinski definition) is 2. The highest BCUT2D eigenvalue weighted by Gasteiger charge is 2.16. The Morgan fingerprint density at radius 3 is 2.67 bits per heavy atom. The first-order valence-corrected chi connectivity index (χ1v) is 6.45. The van der Waals surface area contributed by atoms with Crippen LogP contribution in [0.2, 0.25) is 0 Å². The number of anilines is 2. The lowest BCUT2D eigenvalue weighted by molar-refractivity contribution is 0.102. The number of amides is 1. The van der Waals surface area contributed by atoms with E-state index in [9.17, 15) is 13.6 Å². The number of benzene rings is 1. The van der Waals surface area contributed by atoms with Crippen LogP contribution in [0, 0.1) is 11.6 Å². The second-order valence-electron chi connectivity index (χ2n) is 3.40. The molecule has 0 fully saturated rings. The number of carbonyl (C=O) groups is 1. The Morgan fingerprint density at radius 1 is 1.39 bits per heavy atom. The monoisotopic (exact) mass is 332 g/mol. The minimum Gasteiger partial charge on any atom is -0.397 e. The van der Waals surface area contributed by atoms with Crippen molar-refractivity contribution in [2.24, 2.45) is 0 Å². The third-order valence-electron chi connectivity index (χ3n) is 2.15. The molecule has 3 nitrogen and oxygen atoms in total. The second kappa shape index (κ2) is 5.03. The fourth-order valence-electron chi connectivity index (χ4n) is 1.35. The number of nitrogen functional groups attached to an aromatic ring is 1. The summed E-state index contributed by atoms with van der Waals surface area (Å²) in [6.07, 6.45) is 0. The van der Waals surface area contributed by atoms with E-state index < -0.39 is 17.5 Å². The van der Waals surface area contributed by atoms with Gasteiger partial charge in [0.15, 0.2) is 5.82 Å². The third-order valence-corrected chi connectivity index (χ3v) is 3.98. The van der Waals surface area contributed by atoms with Gasteiger partial charge in [-0.25, -0.2) is 8.78 Å². The van der Waals surface area contributed by atoms with Crippen molar-refractivity contribution < 1.29 is 13.6 Å². The lowest BCUT2D eigenvalue weighted by Gasteiger charge is -2.08. The van der Waals surface area contributed by atoms with Crippen molar-refractivity contribution in [2.75, 3.05) is 11.1 Å². The van der Waals surface area contributed by atoms with Gasteiger partial charge in [0, 0.05) is 10.5 Å². The van der Waals surface area contributed by atoms with E-state index >= 15 is 0 Å². The van der Waals surface area contributed by atoms with Crippen LogP contribution in [0.5, 0.6) is 0 Å². The van der Waals surface area contributed by atoms with Gasteiger partial charge in [-0.05, 0) is 33.4 Å². The molecule has 18 heavy (non-hydrogen) atoms. The van der Waals surface area contributed by atoms with Crippen molar-refractivity contribution in [1.29, 1.82) is 0 Å². The highest BCUT2D eigenvalue weighted by molar-refractivity contribution is 9.10. The zero-order valence-corrected chi connectivity index (χ0v) is 11.2. The van der Waals surface area contributed by atoms with Gasteiger partial charge >= 0.3 is 0 Å². The highest BCUT2D eigenvalue weighted by atomic mass is 79.9. The average molecular weight is 333 g/mol. The van der Waals surface area contributed by atoms with Crippen LogP contribution in [-0.4, -0.2) is 5.91 Å². The van der Waals surface area contributed by atoms with Gasteiger partial charge in [0.1, 0.15) is 16.4 Å². The minimum absolute atomic E-state index is 0.159. The van der Waals surface area contributed by atoms with Gasteiger partial charge in [-0.3, -0.25) is 4.79 Å². The summed E-state index contributed by atoms with van der Waals surface area (Å²) in [5, 5.41) is 4.04. The average Bonchev–Trinajstić information content (AvgIpc) is 2.69. The van der Waals surface area contributed by atoms with E-state index in [0.29, 0.717) is 15.4 Å². The molecule has 1 heterocycles. The zero-order chi connectivity index (χ0) is 13.3. The molecule has 0 bridgehead atoms. The lowest BCUT2D eigenvalue weighted by atomic mass is 10.2. The summed E-state index contributed by atoms with van der Waals surface area (Å²) in [5.74, 6) is -2.21. The Morgan fingerprint density at radius 2 is 2.11 bits per heavy atom. The fraction of sp³-hybridized carbons (Fsp3) is 0. The number of thiophene rings is 1. The van der Waals surface area contributed by atoms with Crippen LogP contribution >= 0.6 is 27.3 Å². The Hall–Kier alpha value is -1.47. The molecule has 0 saturated carbocycles. The maximum atomic E-state index is 13.5. The van der Waals surface area contributed by atoms with Crippen molar-refractivity contribution in [2.45, 2.75) is 0 Å². The topological polar surface area (TPSA) is 55.1 Å². The SMILES string of the molecule is Nc1cc(F)cc(F)c1NC(=O)c1sccc1Br. The van der Waals surface area contributed by atoms with Crippen molar-refractivity contribution in [3.05, 3.63) is 44.6 Å². The predicted octanol–water partition coefficient (Wildman–Crippen LogP) is 3.62. The molecule has 7 heteroatoms. The molecule has 2 aromatic rings. The fourth-order valence-corrected chi connectivity index (χ4v) is 2.80. The normalized spacial score (nSPS) is 10.4. The molecule has 0 saturated heterocycles. The van der Waals surface area contributed by atoms with E-state index in [4.69, 9.17) is 5.73 Å². The minimum atomic E-state index is -0.909. The number of nitrogens with two attached hydrogens (primary N) is 1. The molecule has 3 N–H and O–H groups in total. The molecule has 0 aliphatic rings. The van der Waals surface area contributed by atoms with Gasteiger partial charge < -0.3 is 11.1 Å². The summed E-state index contributed by atoms with van der Waals surface area (Å²) in [6.45, 7) is 0. The number of nitrogens with one attached hydrogen (secondary N) is 1. The maximum Gasteiger partial charge on any atom is 0.267 e. The standard InChI is InChI=1S/C11H7BrF2N2OS/c12-6-1-2-18-10(6)11(17)16-9-7(14)3-5(13)4-8(9)15/h1-4H,15H2,(H,16,17). The Bertz CT molecular complexity index is 592. The van der Waals surface area contributed by atoms with E-state index in [2.05, 4.69) is 21.2 Å². The largest absolute Gasteiger partial charge is 0.397 e. The van der Waals surface area contributed by atoms with Gasteiger partial charge in [0.25, 0.3) is 5.91 Å². The molecule has 0 aliphatic heterocycles. The first kappa shape index (κ1) is 13.0. The molecule has 0 unspecified atom stereocenters. The van der Waals surface area contributed by atoms with Crippen LogP contribution in [0.3, 0.4) is 0 Å². The first-order valence-electron chi connectivity index (χ1n) is 4.78. The van der Waals surface area contributed by atoms with E-state index in [1.807, 2.05) is 0 Å². The van der Waals surface area contributed by atoms with E-state index in [-0.39, 0.29) is 11.4 Å². The molecule has 1 aromatic heterocycles. The molecule has 0 radical (unpaired) electrons. The maximum absolute atomic E-state index is 13.5. The van der Waals surface area contributed by atoms with Crippen LogP contribution in [0.1, 0.15) is 9.67 Å². The van der Waals surface area contributed by atoms with Crippen LogP contribution in [0.4, 0.5) is 20.2 Å². The van der Waals surface area contributed by atoms with Crippen LogP contribution in [0.15, 0.2) is 28.1 Å². The second-order valence-corrected chi connectivity index (χ2v) is 5.17. The van der Waals surface area contributed by atoms with E-state index in [0.717, 1.165) is 6.07 Å². The van der Waals surface area contributed by atoms with Gasteiger partial charge in [0.05, 0.1) is 5.69 Å². The molecule has 0 atom stereocenters. The summed E-state index contributed by atoms with van der Waals surface area (Å²) in [5.41, 5.74) is 5.08. The quantitative estimate of drug-likeness (QED) is 0.825. The summed E-state index contributed by atoms with van der Waals surface area (Å²) in [6, 6.07) is 3.31. The number of hydrogen-bond acceptors (Lipinski definition) is 3. The molecular formula is C11H7BrF2N2OS. The first-order chi connectivity index (χ1) is 8.49.